The molecule has 0 unspecified atom stereocenters. The number of hydrogen-bond donors (Lipinski definition) is 2. The molecule has 0 aliphatic carbocycles. The number of carboxylic acids is 1. The van der Waals surface area contributed by atoms with E-state index in [1.54, 1.807) is 5.32 Å². The zero-order valence-electron chi connectivity index (χ0n) is 9.67. The summed E-state index contributed by atoms with van der Waals surface area (Å²) in [5.74, 6) is -3.62. The summed E-state index contributed by atoms with van der Waals surface area (Å²) in [7, 11) is 0. The molecule has 110 valence electrons. The average Bonchev–Trinajstić information content (AvgIpc) is 2.24. The molecule has 1 aromatic carbocycles. The summed E-state index contributed by atoms with van der Waals surface area (Å²) in [5.41, 5.74) is 0.0718. The number of nitrogens with one attached hydrogen (secondary N) is 1. The second-order valence-electron chi connectivity index (χ2n) is 3.82. The molecule has 0 aromatic heterocycles. The Kier molecular flexibility index (Phi) is 5.24. The lowest BCUT2D eigenvalue weighted by molar-refractivity contribution is -0.174. The Morgan fingerprint density at radius 3 is 2.10 bits per heavy atom. The van der Waals surface area contributed by atoms with E-state index >= 15 is 0 Å². The Bertz CT molecular complexity index is 514. The van der Waals surface area contributed by atoms with E-state index in [4.69, 9.17) is 28.3 Å². The van der Waals surface area contributed by atoms with E-state index in [-0.39, 0.29) is 15.6 Å². The summed E-state index contributed by atoms with van der Waals surface area (Å²) in [6.07, 6.45) is -5.85. The van der Waals surface area contributed by atoms with Crippen LogP contribution in [0.15, 0.2) is 18.2 Å². The van der Waals surface area contributed by atoms with Gasteiger partial charge in [-0.1, -0.05) is 23.2 Å². The average molecular weight is 330 g/mol. The minimum atomic E-state index is -5.11. The molecule has 0 fully saturated rings. The number of amides is 1. The predicted octanol–water partition coefficient (Wildman–Crippen LogP) is 3.19. The van der Waals surface area contributed by atoms with Crippen LogP contribution in [0, 0.1) is 0 Å². The third-order valence-corrected chi connectivity index (χ3v) is 2.67. The van der Waals surface area contributed by atoms with Crippen molar-refractivity contribution < 1.29 is 27.9 Å². The number of halogens is 5. The Morgan fingerprint density at radius 2 is 1.70 bits per heavy atom. The summed E-state index contributed by atoms with van der Waals surface area (Å²) in [5, 5.41) is 10.5. The van der Waals surface area contributed by atoms with Crippen LogP contribution in [-0.4, -0.2) is 23.2 Å². The van der Waals surface area contributed by atoms with Crippen LogP contribution in [-0.2, 0) is 9.59 Å². The van der Waals surface area contributed by atoms with E-state index in [2.05, 4.69) is 0 Å². The lowest BCUT2D eigenvalue weighted by Crippen LogP contribution is -2.39. The summed E-state index contributed by atoms with van der Waals surface area (Å²) in [6, 6.07) is 2.41. The number of alkyl halides is 3. The lowest BCUT2D eigenvalue weighted by atomic mass is 10.0. The number of carbonyl (C=O) groups is 2. The van der Waals surface area contributed by atoms with Gasteiger partial charge in [0.05, 0.1) is 12.5 Å². The topological polar surface area (TPSA) is 66.4 Å². The van der Waals surface area contributed by atoms with Gasteiger partial charge in [-0.25, -0.2) is 0 Å². The zero-order valence-corrected chi connectivity index (χ0v) is 11.2. The number of carbonyl (C=O) groups excluding carboxylic acids is 1. The monoisotopic (exact) mass is 329 g/mol. The van der Waals surface area contributed by atoms with E-state index in [0.717, 1.165) is 0 Å². The van der Waals surface area contributed by atoms with Crippen LogP contribution >= 0.6 is 23.2 Å². The fraction of sp³-hybridized carbons (Fsp3) is 0.273. The third-order valence-electron chi connectivity index (χ3n) is 2.23. The molecule has 0 aliphatic heterocycles. The van der Waals surface area contributed by atoms with Gasteiger partial charge in [-0.05, 0) is 23.8 Å². The van der Waals surface area contributed by atoms with Crippen molar-refractivity contribution in [1.82, 2.24) is 5.32 Å². The van der Waals surface area contributed by atoms with E-state index < -0.39 is 30.5 Å². The molecule has 1 aromatic rings. The van der Waals surface area contributed by atoms with Gasteiger partial charge in [-0.2, -0.15) is 13.2 Å². The number of rotatable bonds is 4. The van der Waals surface area contributed by atoms with Crippen LogP contribution in [0.2, 0.25) is 10.0 Å². The Morgan fingerprint density at radius 1 is 1.20 bits per heavy atom. The van der Waals surface area contributed by atoms with Crippen molar-refractivity contribution in [3.63, 3.8) is 0 Å². The van der Waals surface area contributed by atoms with Crippen LogP contribution in [0.25, 0.3) is 0 Å². The van der Waals surface area contributed by atoms with Crippen LogP contribution < -0.4 is 5.32 Å². The van der Waals surface area contributed by atoms with Crippen molar-refractivity contribution in [2.75, 3.05) is 0 Å². The van der Waals surface area contributed by atoms with E-state index in [1.165, 1.54) is 18.2 Å². The Labute approximate surface area is 121 Å². The molecule has 9 heteroatoms. The van der Waals surface area contributed by atoms with Crippen molar-refractivity contribution in [2.45, 2.75) is 18.6 Å². The normalized spacial score (nSPS) is 12.8. The molecule has 0 spiro atoms. The van der Waals surface area contributed by atoms with Crippen LogP contribution in [0.3, 0.4) is 0 Å². The zero-order chi connectivity index (χ0) is 15.5. The van der Waals surface area contributed by atoms with E-state index in [0.29, 0.717) is 0 Å². The van der Waals surface area contributed by atoms with Crippen LogP contribution in [0.4, 0.5) is 13.2 Å². The van der Waals surface area contributed by atoms with Crippen LogP contribution in [0.5, 0.6) is 0 Å². The van der Waals surface area contributed by atoms with Crippen molar-refractivity contribution in [3.8, 4) is 0 Å². The highest BCUT2D eigenvalue weighted by Gasteiger charge is 2.40. The number of benzene rings is 1. The van der Waals surface area contributed by atoms with Gasteiger partial charge in [0.2, 0.25) is 0 Å². The minimum Gasteiger partial charge on any atom is -0.481 e. The largest absolute Gasteiger partial charge is 0.481 e. The molecule has 4 nitrogen and oxygen atoms in total. The smallest absolute Gasteiger partial charge is 0.471 e. The fourth-order valence-corrected chi connectivity index (χ4v) is 1.99. The SMILES string of the molecule is O=C(O)C[C@H](NC(=O)C(F)(F)F)c1cc(Cl)cc(Cl)c1. The molecule has 0 saturated carbocycles. The lowest BCUT2D eigenvalue weighted by Gasteiger charge is -2.19. The molecule has 0 aliphatic rings. The molecule has 0 saturated heterocycles. The van der Waals surface area contributed by atoms with Crippen molar-refractivity contribution in [2.24, 2.45) is 0 Å². The van der Waals surface area contributed by atoms with Gasteiger partial charge in [0.15, 0.2) is 0 Å². The first-order valence-corrected chi connectivity index (χ1v) is 5.90. The second kappa shape index (κ2) is 6.32. The van der Waals surface area contributed by atoms with Gasteiger partial charge in [-0.3, -0.25) is 9.59 Å². The molecule has 0 heterocycles. The fourth-order valence-electron chi connectivity index (χ4n) is 1.44. The van der Waals surface area contributed by atoms with Gasteiger partial charge >= 0.3 is 18.1 Å². The Hall–Kier alpha value is -1.47. The maximum Gasteiger partial charge on any atom is 0.471 e. The summed E-state index contributed by atoms with van der Waals surface area (Å²) >= 11 is 11.4. The molecule has 1 atom stereocenters. The Balaban J connectivity index is 3.06. The van der Waals surface area contributed by atoms with Crippen LogP contribution in [0.1, 0.15) is 18.0 Å². The molecule has 0 bridgehead atoms. The van der Waals surface area contributed by atoms with Crippen molar-refractivity contribution in [3.05, 3.63) is 33.8 Å². The van der Waals surface area contributed by atoms with E-state index in [9.17, 15) is 22.8 Å². The third kappa shape index (κ3) is 4.90. The molecule has 1 rings (SSSR count). The van der Waals surface area contributed by atoms with Gasteiger partial charge in [0.25, 0.3) is 0 Å². The standard InChI is InChI=1S/C11H8Cl2F3NO3/c12-6-1-5(2-7(13)3-6)8(4-9(18)19)17-10(20)11(14,15)16/h1-3,8H,4H2,(H,17,20)(H,18,19)/t8-/m0/s1. The quantitative estimate of drug-likeness (QED) is 0.891. The minimum absolute atomic E-state index is 0.0718. The maximum atomic E-state index is 12.2. The summed E-state index contributed by atoms with van der Waals surface area (Å²) in [6.45, 7) is 0. The molecule has 2 N–H and O–H groups in total. The summed E-state index contributed by atoms with van der Waals surface area (Å²) < 4.78 is 36.6. The van der Waals surface area contributed by atoms with Gasteiger partial charge in [0.1, 0.15) is 0 Å². The van der Waals surface area contributed by atoms with Gasteiger partial charge < -0.3 is 10.4 Å². The highest BCUT2D eigenvalue weighted by molar-refractivity contribution is 6.34. The van der Waals surface area contributed by atoms with Gasteiger partial charge in [-0.15, -0.1) is 0 Å². The number of carboxylic acid groups (broad SMARTS) is 1. The van der Waals surface area contributed by atoms with Gasteiger partial charge in [0, 0.05) is 10.0 Å². The summed E-state index contributed by atoms with van der Waals surface area (Å²) in [4.78, 5) is 21.6. The maximum absolute atomic E-state index is 12.2. The first-order valence-electron chi connectivity index (χ1n) is 5.15. The predicted molar refractivity (Wildman–Crippen MR) is 65.7 cm³/mol. The molecule has 20 heavy (non-hydrogen) atoms. The molecular weight excluding hydrogens is 322 g/mol. The highest BCUT2D eigenvalue weighted by atomic mass is 35.5. The number of aliphatic carboxylic acids is 1. The van der Waals surface area contributed by atoms with E-state index in [1.807, 2.05) is 0 Å². The molecule has 0 radical (unpaired) electrons. The molecule has 1 amide bonds. The number of hydrogen-bond acceptors (Lipinski definition) is 2. The molecular formula is C11H8Cl2F3NO3. The first kappa shape index (κ1) is 16.6. The van der Waals surface area contributed by atoms with Crippen molar-refractivity contribution in [1.29, 1.82) is 0 Å². The second-order valence-corrected chi connectivity index (χ2v) is 4.70. The van der Waals surface area contributed by atoms with Crippen molar-refractivity contribution >= 4 is 35.1 Å². The first-order chi connectivity index (χ1) is 9.09. The highest BCUT2D eigenvalue weighted by Crippen LogP contribution is 2.26.